The zero-order valence-corrected chi connectivity index (χ0v) is 19.3. The van der Waals surface area contributed by atoms with Crippen LogP contribution in [-0.4, -0.2) is 20.9 Å². The third kappa shape index (κ3) is 4.61. The number of carbonyl (C=O) groups excluding carboxylic acids is 1. The predicted molar refractivity (Wildman–Crippen MR) is 132 cm³/mol. The van der Waals surface area contributed by atoms with Gasteiger partial charge in [0.05, 0.1) is 27.3 Å². The molecule has 164 valence electrons. The number of hydrogen-bond donors (Lipinski definition) is 2. The first-order valence-electron chi connectivity index (χ1n) is 10.9. The van der Waals surface area contributed by atoms with Crippen molar-refractivity contribution in [3.05, 3.63) is 58.9 Å². The van der Waals surface area contributed by atoms with E-state index in [2.05, 4.69) is 21.7 Å². The molecule has 1 fully saturated rings. The second kappa shape index (κ2) is 9.26. The van der Waals surface area contributed by atoms with E-state index in [0.717, 1.165) is 27.6 Å². The smallest absolute Gasteiger partial charge is 0.265 e. The van der Waals surface area contributed by atoms with Crippen molar-refractivity contribution in [2.24, 2.45) is 5.92 Å². The average molecular weight is 464 g/mol. The zero-order chi connectivity index (χ0) is 21.9. The molecule has 5 rings (SSSR count). The Kier molecular flexibility index (Phi) is 6.05. The Hall–Kier alpha value is -2.97. The third-order valence-corrected chi connectivity index (χ3v) is 7.92. The van der Waals surface area contributed by atoms with Gasteiger partial charge < -0.3 is 11.1 Å². The van der Waals surface area contributed by atoms with E-state index >= 15 is 0 Å². The molecule has 3 heterocycles. The first-order valence-corrected chi connectivity index (χ1v) is 12.6. The highest BCUT2D eigenvalue weighted by Crippen LogP contribution is 2.32. The number of nitrogens with two attached hydrogens (primary N) is 1. The largest absolute Gasteiger partial charge is 0.397 e. The minimum absolute atomic E-state index is 0.175. The number of aromatic nitrogens is 3. The van der Waals surface area contributed by atoms with E-state index in [1.54, 1.807) is 11.3 Å². The van der Waals surface area contributed by atoms with Crippen molar-refractivity contribution in [1.82, 2.24) is 15.0 Å². The van der Waals surface area contributed by atoms with Crippen LogP contribution in [0.15, 0.2) is 54.0 Å². The van der Waals surface area contributed by atoms with Gasteiger partial charge in [-0.25, -0.2) is 0 Å². The number of nitrogens with one attached hydrogen (secondary N) is 1. The van der Waals surface area contributed by atoms with Gasteiger partial charge in [0.25, 0.3) is 5.91 Å². The Morgan fingerprint density at radius 1 is 1.12 bits per heavy atom. The Morgan fingerprint density at radius 2 is 2.00 bits per heavy atom. The van der Waals surface area contributed by atoms with Crippen LogP contribution in [0.4, 0.5) is 11.4 Å². The molecule has 1 aliphatic carbocycles. The van der Waals surface area contributed by atoms with E-state index in [4.69, 9.17) is 5.73 Å². The summed E-state index contributed by atoms with van der Waals surface area (Å²) in [7, 11) is 0. The molecule has 4 aromatic rings. The van der Waals surface area contributed by atoms with Crippen LogP contribution in [0.1, 0.15) is 41.8 Å². The number of rotatable bonds is 6. The highest BCUT2D eigenvalue weighted by molar-refractivity contribution is 7.17. The van der Waals surface area contributed by atoms with Gasteiger partial charge in [0.2, 0.25) is 0 Å². The van der Waals surface area contributed by atoms with E-state index in [0.29, 0.717) is 22.2 Å². The summed E-state index contributed by atoms with van der Waals surface area (Å²) in [6, 6.07) is 13.5. The van der Waals surface area contributed by atoms with Crippen LogP contribution in [0.3, 0.4) is 0 Å². The third-order valence-electron chi connectivity index (χ3n) is 5.90. The average Bonchev–Trinajstić information content (AvgIpc) is 3.57. The lowest BCUT2D eigenvalue weighted by Gasteiger charge is -2.20. The van der Waals surface area contributed by atoms with Gasteiger partial charge in [0, 0.05) is 11.4 Å². The molecule has 0 spiro atoms. The molecular formula is C24H25N5OS2. The molecule has 1 aliphatic rings. The number of anilines is 2. The predicted octanol–water partition coefficient (Wildman–Crippen LogP) is 6.15. The van der Waals surface area contributed by atoms with E-state index in [9.17, 15) is 4.79 Å². The van der Waals surface area contributed by atoms with E-state index in [1.807, 2.05) is 52.7 Å². The van der Waals surface area contributed by atoms with Crippen molar-refractivity contribution in [2.45, 2.75) is 38.6 Å². The number of nitrogens with zero attached hydrogens (tertiary/aromatic N) is 3. The monoisotopic (exact) mass is 463 g/mol. The molecule has 1 saturated carbocycles. The maximum Gasteiger partial charge on any atom is 0.265 e. The Labute approximate surface area is 195 Å². The van der Waals surface area contributed by atoms with E-state index in [1.165, 1.54) is 43.4 Å². The molecule has 1 aromatic carbocycles. The maximum atomic E-state index is 12.9. The summed E-state index contributed by atoms with van der Waals surface area (Å²) in [6.45, 7) is 0.922. The summed E-state index contributed by atoms with van der Waals surface area (Å²) in [5.41, 5.74) is 9.12. The summed E-state index contributed by atoms with van der Waals surface area (Å²) >= 11 is 3.07. The normalized spacial score (nSPS) is 14.5. The summed E-state index contributed by atoms with van der Waals surface area (Å²) in [5, 5.41) is 13.6. The summed E-state index contributed by atoms with van der Waals surface area (Å²) in [6.07, 6.45) is 8.52. The summed E-state index contributed by atoms with van der Waals surface area (Å²) in [5.74, 6) is 0.518. The molecular weight excluding hydrogens is 438 g/mol. The molecule has 3 aromatic heterocycles. The fraction of sp³-hybridized carbons (Fsp3) is 0.292. The molecule has 8 heteroatoms. The van der Waals surface area contributed by atoms with Crippen LogP contribution in [-0.2, 0) is 6.54 Å². The first-order chi connectivity index (χ1) is 15.7. The molecule has 0 saturated heterocycles. The quantitative estimate of drug-likeness (QED) is 0.336. The Bertz CT molecular complexity index is 1200. The molecule has 0 radical (unpaired) electrons. The van der Waals surface area contributed by atoms with Crippen LogP contribution in [0.25, 0.3) is 21.0 Å². The van der Waals surface area contributed by atoms with Crippen LogP contribution < -0.4 is 11.1 Å². The van der Waals surface area contributed by atoms with Gasteiger partial charge in [0.15, 0.2) is 0 Å². The fourth-order valence-electron chi connectivity index (χ4n) is 4.18. The second-order valence-corrected chi connectivity index (χ2v) is 10.3. The highest BCUT2D eigenvalue weighted by atomic mass is 32.1. The lowest BCUT2D eigenvalue weighted by Crippen LogP contribution is -2.14. The van der Waals surface area contributed by atoms with Gasteiger partial charge in [-0.2, -0.15) is 0 Å². The minimum atomic E-state index is -0.175. The molecule has 6 nitrogen and oxygen atoms in total. The molecule has 32 heavy (non-hydrogen) atoms. The number of benzene rings is 1. The first kappa shape index (κ1) is 20.9. The van der Waals surface area contributed by atoms with Gasteiger partial charge >= 0.3 is 0 Å². The summed E-state index contributed by atoms with van der Waals surface area (Å²) in [4.78, 5) is 15.6. The number of thiophene rings is 2. The van der Waals surface area contributed by atoms with Crippen molar-refractivity contribution in [1.29, 1.82) is 0 Å². The number of hydrogen-bond acceptors (Lipinski definition) is 6. The zero-order valence-electron chi connectivity index (χ0n) is 17.7. The lowest BCUT2D eigenvalue weighted by molar-refractivity contribution is 0.103. The van der Waals surface area contributed by atoms with Crippen molar-refractivity contribution in [3.63, 3.8) is 0 Å². The molecule has 0 bridgehead atoms. The Morgan fingerprint density at radius 3 is 2.81 bits per heavy atom. The molecule has 0 atom stereocenters. The second-order valence-electron chi connectivity index (χ2n) is 8.23. The lowest BCUT2D eigenvalue weighted by atomic mass is 9.89. The standard InChI is InChI=1S/C24H25N5OS2/c25-18-9-8-17(21-7-4-12-31-21)13-19(18)26-24(30)23-11-10-22(32-23)20-15-29(28-27-20)14-16-5-2-1-3-6-16/h4,7-13,15-16H,1-3,5-6,14,25H2,(H,26,30). The highest BCUT2D eigenvalue weighted by Gasteiger charge is 2.17. The van der Waals surface area contributed by atoms with Gasteiger partial charge in [-0.05, 0) is 60.0 Å². The fourth-order valence-corrected chi connectivity index (χ4v) is 5.75. The molecule has 3 N–H and O–H groups in total. The number of nitrogen functional groups attached to an aromatic ring is 1. The van der Waals surface area contributed by atoms with Crippen LogP contribution in [0, 0.1) is 5.92 Å². The van der Waals surface area contributed by atoms with Gasteiger partial charge in [-0.3, -0.25) is 9.48 Å². The van der Waals surface area contributed by atoms with Crippen LogP contribution in [0.5, 0.6) is 0 Å². The summed E-state index contributed by atoms with van der Waals surface area (Å²) < 4.78 is 1.95. The SMILES string of the molecule is Nc1ccc(-c2cccs2)cc1NC(=O)c1ccc(-c2cn(CC3CCCCC3)nn2)s1. The van der Waals surface area contributed by atoms with E-state index in [-0.39, 0.29) is 5.91 Å². The van der Waals surface area contributed by atoms with Crippen molar-refractivity contribution < 1.29 is 4.79 Å². The Balaban J connectivity index is 1.28. The minimum Gasteiger partial charge on any atom is -0.397 e. The topological polar surface area (TPSA) is 85.8 Å². The van der Waals surface area contributed by atoms with Gasteiger partial charge in [-0.1, -0.05) is 36.6 Å². The number of carbonyl (C=O) groups is 1. The maximum absolute atomic E-state index is 12.9. The van der Waals surface area contributed by atoms with Crippen molar-refractivity contribution >= 4 is 40.0 Å². The number of amides is 1. The van der Waals surface area contributed by atoms with Gasteiger partial charge in [-0.15, -0.1) is 27.8 Å². The van der Waals surface area contributed by atoms with Crippen LogP contribution in [0.2, 0.25) is 0 Å². The molecule has 0 aliphatic heterocycles. The van der Waals surface area contributed by atoms with Crippen LogP contribution >= 0.6 is 22.7 Å². The van der Waals surface area contributed by atoms with Crippen molar-refractivity contribution in [2.75, 3.05) is 11.1 Å². The van der Waals surface area contributed by atoms with E-state index < -0.39 is 0 Å². The van der Waals surface area contributed by atoms with Gasteiger partial charge in [0.1, 0.15) is 5.69 Å². The molecule has 0 unspecified atom stereocenters. The molecule has 1 amide bonds. The van der Waals surface area contributed by atoms with Crippen molar-refractivity contribution in [3.8, 4) is 21.0 Å².